The molecule has 120 valence electrons. The van der Waals surface area contributed by atoms with Gasteiger partial charge in [0.25, 0.3) is 0 Å². The van der Waals surface area contributed by atoms with E-state index in [1.54, 1.807) is 11.2 Å². The molecule has 7 heteroatoms. The molecule has 1 amide bonds. The number of nitrogens with one attached hydrogen (secondary N) is 1. The van der Waals surface area contributed by atoms with Gasteiger partial charge < -0.3 is 19.7 Å². The highest BCUT2D eigenvalue weighted by molar-refractivity contribution is 5.91. The van der Waals surface area contributed by atoms with E-state index in [4.69, 9.17) is 5.26 Å². The number of carbonyl (C=O) groups is 1. The molecule has 0 saturated carbocycles. The maximum Gasteiger partial charge on any atom is 0.230 e. The normalized spacial score (nSPS) is 23.6. The standard InChI is InChI=1S/C16H20N6O/c1-12-3-5-20(2)15(7-12)22-9-14(18-11-22)19-16(23)13-4-6-21(8-13)10-17/h3,5,7,9,11,13,15H,4,6,8H2,1-2H3,(H,19,23)/t13-,15?/m0/s1. The van der Waals surface area contributed by atoms with Crippen molar-refractivity contribution in [3.05, 3.63) is 36.4 Å². The molecular formula is C16H20N6O. The Labute approximate surface area is 135 Å². The van der Waals surface area contributed by atoms with Crippen LogP contribution in [-0.4, -0.2) is 45.4 Å². The van der Waals surface area contributed by atoms with Crippen LogP contribution in [0.3, 0.4) is 0 Å². The van der Waals surface area contributed by atoms with Gasteiger partial charge >= 0.3 is 0 Å². The minimum Gasteiger partial charge on any atom is -0.357 e. The largest absolute Gasteiger partial charge is 0.357 e. The van der Waals surface area contributed by atoms with Crippen LogP contribution < -0.4 is 5.32 Å². The summed E-state index contributed by atoms with van der Waals surface area (Å²) < 4.78 is 1.96. The van der Waals surface area contributed by atoms with Crippen LogP contribution in [0.2, 0.25) is 0 Å². The van der Waals surface area contributed by atoms with Gasteiger partial charge in [0.1, 0.15) is 6.17 Å². The molecule has 1 unspecified atom stereocenters. The highest BCUT2D eigenvalue weighted by Gasteiger charge is 2.28. The fourth-order valence-electron chi connectivity index (χ4n) is 2.87. The first-order chi connectivity index (χ1) is 11.1. The number of hydrogen-bond donors (Lipinski definition) is 1. The van der Waals surface area contributed by atoms with Crippen LogP contribution in [-0.2, 0) is 4.79 Å². The number of nitrogens with zero attached hydrogens (tertiary/aromatic N) is 5. The van der Waals surface area contributed by atoms with Crippen molar-refractivity contribution in [1.82, 2.24) is 19.4 Å². The zero-order valence-corrected chi connectivity index (χ0v) is 13.3. The minimum atomic E-state index is -0.151. The van der Waals surface area contributed by atoms with Crippen molar-refractivity contribution in [3.63, 3.8) is 0 Å². The number of nitriles is 1. The Kier molecular flexibility index (Phi) is 4.06. The molecule has 2 aliphatic heterocycles. The van der Waals surface area contributed by atoms with E-state index in [9.17, 15) is 4.79 Å². The fourth-order valence-corrected chi connectivity index (χ4v) is 2.87. The maximum absolute atomic E-state index is 12.2. The maximum atomic E-state index is 12.2. The summed E-state index contributed by atoms with van der Waals surface area (Å²) in [5.74, 6) is 0.318. The van der Waals surface area contributed by atoms with Crippen LogP contribution in [0.4, 0.5) is 5.82 Å². The Balaban J connectivity index is 1.65. The Bertz CT molecular complexity index is 698. The number of anilines is 1. The molecule has 1 aromatic heterocycles. The number of amides is 1. The van der Waals surface area contributed by atoms with Crippen LogP contribution in [0, 0.1) is 17.4 Å². The van der Waals surface area contributed by atoms with E-state index in [0.717, 1.165) is 0 Å². The molecule has 0 bridgehead atoms. The predicted octanol–water partition coefficient (Wildman–Crippen LogP) is 1.53. The van der Waals surface area contributed by atoms with E-state index in [0.29, 0.717) is 25.3 Å². The number of imidazole rings is 1. The first-order valence-corrected chi connectivity index (χ1v) is 7.64. The van der Waals surface area contributed by atoms with E-state index in [1.165, 1.54) is 5.57 Å². The lowest BCUT2D eigenvalue weighted by atomic mass is 10.1. The Hall–Kier alpha value is -2.75. The smallest absolute Gasteiger partial charge is 0.230 e. The molecule has 0 radical (unpaired) electrons. The van der Waals surface area contributed by atoms with Crippen molar-refractivity contribution < 1.29 is 4.79 Å². The lowest BCUT2D eigenvalue weighted by Gasteiger charge is -2.28. The third-order valence-corrected chi connectivity index (χ3v) is 4.26. The summed E-state index contributed by atoms with van der Waals surface area (Å²) in [5, 5.41) is 11.7. The van der Waals surface area contributed by atoms with E-state index < -0.39 is 0 Å². The van der Waals surface area contributed by atoms with Crippen LogP contribution in [0.1, 0.15) is 19.5 Å². The third-order valence-electron chi connectivity index (χ3n) is 4.26. The molecule has 1 fully saturated rings. The molecular weight excluding hydrogens is 292 g/mol. The van der Waals surface area contributed by atoms with Gasteiger partial charge in [0.2, 0.25) is 5.91 Å². The van der Waals surface area contributed by atoms with Crippen molar-refractivity contribution in [1.29, 1.82) is 5.26 Å². The van der Waals surface area contributed by atoms with Crippen molar-refractivity contribution in [2.75, 3.05) is 25.5 Å². The molecule has 0 aliphatic carbocycles. The van der Waals surface area contributed by atoms with Gasteiger partial charge in [-0.1, -0.05) is 0 Å². The zero-order chi connectivity index (χ0) is 16.4. The second-order valence-corrected chi connectivity index (χ2v) is 6.03. The summed E-state index contributed by atoms with van der Waals surface area (Å²) in [6.07, 6.45) is 12.6. The third kappa shape index (κ3) is 3.21. The van der Waals surface area contributed by atoms with E-state index in [-0.39, 0.29) is 18.0 Å². The van der Waals surface area contributed by atoms with Crippen LogP contribution in [0.25, 0.3) is 0 Å². The Morgan fingerprint density at radius 3 is 3.09 bits per heavy atom. The lowest BCUT2D eigenvalue weighted by molar-refractivity contribution is -0.119. The molecule has 2 aliphatic rings. The van der Waals surface area contributed by atoms with E-state index in [2.05, 4.69) is 40.5 Å². The number of likely N-dealkylation sites (tertiary alicyclic amines) is 1. The summed E-state index contributed by atoms with van der Waals surface area (Å²) >= 11 is 0. The Morgan fingerprint density at radius 2 is 2.35 bits per heavy atom. The topological polar surface area (TPSA) is 77.2 Å². The quantitative estimate of drug-likeness (QED) is 0.857. The number of allylic oxidation sites excluding steroid dienone is 2. The van der Waals surface area contributed by atoms with Gasteiger partial charge in [-0.15, -0.1) is 0 Å². The van der Waals surface area contributed by atoms with Gasteiger partial charge in [-0.2, -0.15) is 5.26 Å². The molecule has 3 rings (SSSR count). The summed E-state index contributed by atoms with van der Waals surface area (Å²) in [4.78, 5) is 20.2. The molecule has 1 aromatic rings. The van der Waals surface area contributed by atoms with Crippen LogP contribution in [0.5, 0.6) is 0 Å². The molecule has 0 aromatic carbocycles. The first kappa shape index (κ1) is 15.2. The average molecular weight is 312 g/mol. The molecule has 2 atom stereocenters. The predicted molar refractivity (Wildman–Crippen MR) is 85.8 cm³/mol. The second kappa shape index (κ2) is 6.16. The van der Waals surface area contributed by atoms with Gasteiger partial charge in [0.15, 0.2) is 12.0 Å². The lowest BCUT2D eigenvalue weighted by Crippen LogP contribution is -2.26. The van der Waals surface area contributed by atoms with Gasteiger partial charge in [0, 0.05) is 26.3 Å². The summed E-state index contributed by atoms with van der Waals surface area (Å²) in [7, 11) is 2.00. The van der Waals surface area contributed by atoms with Gasteiger partial charge in [-0.05, 0) is 31.1 Å². The number of rotatable bonds is 3. The van der Waals surface area contributed by atoms with Gasteiger partial charge in [0.05, 0.1) is 18.4 Å². The summed E-state index contributed by atoms with van der Waals surface area (Å²) in [6.45, 7) is 3.19. The Morgan fingerprint density at radius 1 is 1.52 bits per heavy atom. The van der Waals surface area contributed by atoms with Gasteiger partial charge in [-0.3, -0.25) is 4.79 Å². The number of likely N-dealkylation sites (N-methyl/N-ethyl adjacent to an activating group) is 1. The highest BCUT2D eigenvalue weighted by Crippen LogP contribution is 2.23. The monoisotopic (exact) mass is 312 g/mol. The van der Waals surface area contributed by atoms with Crippen molar-refractivity contribution in [2.45, 2.75) is 19.5 Å². The average Bonchev–Trinajstić information content (AvgIpc) is 3.18. The first-order valence-electron chi connectivity index (χ1n) is 7.64. The molecule has 23 heavy (non-hydrogen) atoms. The van der Waals surface area contributed by atoms with Crippen molar-refractivity contribution >= 4 is 11.7 Å². The van der Waals surface area contributed by atoms with Crippen molar-refractivity contribution in [2.24, 2.45) is 5.92 Å². The summed E-state index contributed by atoms with van der Waals surface area (Å²) in [6, 6.07) is 0. The number of aromatic nitrogens is 2. The van der Waals surface area contributed by atoms with Gasteiger partial charge in [-0.25, -0.2) is 4.98 Å². The summed E-state index contributed by atoms with van der Waals surface area (Å²) in [5.41, 5.74) is 1.19. The van der Waals surface area contributed by atoms with E-state index in [1.807, 2.05) is 24.0 Å². The van der Waals surface area contributed by atoms with Crippen LogP contribution in [0.15, 0.2) is 36.4 Å². The minimum absolute atomic E-state index is 0.0544. The fraction of sp³-hybridized carbons (Fsp3) is 0.438. The molecule has 7 nitrogen and oxygen atoms in total. The number of hydrogen-bond acceptors (Lipinski definition) is 5. The molecule has 3 heterocycles. The molecule has 1 N–H and O–H groups in total. The second-order valence-electron chi connectivity index (χ2n) is 6.03. The number of carbonyl (C=O) groups excluding carboxylic acids is 1. The van der Waals surface area contributed by atoms with Crippen molar-refractivity contribution in [3.8, 4) is 6.19 Å². The zero-order valence-electron chi connectivity index (χ0n) is 13.3. The SMILES string of the molecule is CC1=CC(n2cnc(NC(=O)[C@H]3CCN(C#N)C3)c2)N(C)C=C1. The molecule has 0 spiro atoms. The van der Waals surface area contributed by atoms with E-state index >= 15 is 0 Å². The highest BCUT2D eigenvalue weighted by atomic mass is 16.2. The molecule has 1 saturated heterocycles. The van der Waals surface area contributed by atoms with Crippen LogP contribution >= 0.6 is 0 Å².